The number of nitrogens with two attached hydrogens (primary N) is 1. The Labute approximate surface area is 99.8 Å². The maximum absolute atomic E-state index is 5.72. The minimum atomic E-state index is 0.501. The van der Waals surface area contributed by atoms with Gasteiger partial charge < -0.3 is 10.3 Å². The van der Waals surface area contributed by atoms with Crippen molar-refractivity contribution in [2.24, 2.45) is 0 Å². The molecule has 0 amide bonds. The van der Waals surface area contributed by atoms with Crippen LogP contribution in [-0.4, -0.2) is 10.1 Å². The minimum Gasteiger partial charge on any atom is -0.399 e. The molecule has 1 fully saturated rings. The molecule has 1 saturated carbocycles. The van der Waals surface area contributed by atoms with Crippen molar-refractivity contribution >= 4 is 5.69 Å². The van der Waals surface area contributed by atoms with Crippen molar-refractivity contribution in [1.29, 1.82) is 0 Å². The first-order chi connectivity index (χ1) is 8.24. The number of aryl methyl sites for hydroxylation is 1. The van der Waals surface area contributed by atoms with Crippen molar-refractivity contribution in [3.05, 3.63) is 29.6 Å². The molecule has 2 N–H and O–H groups in total. The van der Waals surface area contributed by atoms with Crippen LogP contribution in [0.2, 0.25) is 0 Å². The third-order valence-corrected chi connectivity index (χ3v) is 3.39. The second-order valence-corrected chi connectivity index (χ2v) is 4.66. The highest BCUT2D eigenvalue weighted by Gasteiger charge is 2.25. The highest BCUT2D eigenvalue weighted by Crippen LogP contribution is 2.35. The molecule has 4 heteroatoms. The van der Waals surface area contributed by atoms with Crippen LogP contribution >= 0.6 is 0 Å². The second kappa shape index (κ2) is 3.87. The average molecular weight is 229 g/mol. The average Bonchev–Trinajstić information content (AvgIpc) is 2.64. The number of hydrogen-bond acceptors (Lipinski definition) is 4. The number of hydrogen-bond donors (Lipinski definition) is 1. The number of nitrogens with zero attached hydrogens (tertiary/aromatic N) is 2. The van der Waals surface area contributed by atoms with E-state index in [1.807, 2.05) is 25.1 Å². The highest BCUT2D eigenvalue weighted by molar-refractivity contribution is 5.62. The quantitative estimate of drug-likeness (QED) is 0.804. The van der Waals surface area contributed by atoms with E-state index >= 15 is 0 Å². The standard InChI is InChI=1S/C13H15N3O/c1-8-7-10(14)5-6-11(8)13-15-12(16-17-13)9-3-2-4-9/h5-7,9H,2-4,14H2,1H3. The summed E-state index contributed by atoms with van der Waals surface area (Å²) < 4.78 is 5.33. The zero-order valence-corrected chi connectivity index (χ0v) is 9.81. The fraction of sp³-hybridized carbons (Fsp3) is 0.385. The summed E-state index contributed by atoms with van der Waals surface area (Å²) >= 11 is 0. The molecular weight excluding hydrogens is 214 g/mol. The van der Waals surface area contributed by atoms with Crippen molar-refractivity contribution in [1.82, 2.24) is 10.1 Å². The molecule has 88 valence electrons. The molecule has 0 atom stereocenters. The van der Waals surface area contributed by atoms with Crippen LogP contribution in [0.15, 0.2) is 22.7 Å². The Bertz CT molecular complexity index is 543. The van der Waals surface area contributed by atoms with Crippen LogP contribution in [0.25, 0.3) is 11.5 Å². The van der Waals surface area contributed by atoms with Crippen LogP contribution in [0.5, 0.6) is 0 Å². The van der Waals surface area contributed by atoms with Crippen molar-refractivity contribution in [2.45, 2.75) is 32.1 Å². The molecule has 0 saturated heterocycles. The van der Waals surface area contributed by atoms with E-state index in [-0.39, 0.29) is 0 Å². The molecule has 0 spiro atoms. The van der Waals surface area contributed by atoms with Gasteiger partial charge in [-0.1, -0.05) is 11.6 Å². The third-order valence-electron chi connectivity index (χ3n) is 3.39. The number of nitrogen functional groups attached to an aromatic ring is 1. The van der Waals surface area contributed by atoms with Gasteiger partial charge in [0.15, 0.2) is 5.82 Å². The lowest BCUT2D eigenvalue weighted by Crippen LogP contribution is -2.10. The normalized spacial score (nSPS) is 15.8. The van der Waals surface area contributed by atoms with E-state index in [1.54, 1.807) is 0 Å². The van der Waals surface area contributed by atoms with Gasteiger partial charge in [0.2, 0.25) is 0 Å². The van der Waals surface area contributed by atoms with Gasteiger partial charge in [-0.15, -0.1) is 0 Å². The van der Waals surface area contributed by atoms with Gasteiger partial charge in [0.05, 0.1) is 0 Å². The Morgan fingerprint density at radius 1 is 1.35 bits per heavy atom. The van der Waals surface area contributed by atoms with Crippen LogP contribution in [-0.2, 0) is 0 Å². The fourth-order valence-electron chi connectivity index (χ4n) is 2.10. The lowest BCUT2D eigenvalue weighted by atomic mass is 9.85. The van der Waals surface area contributed by atoms with E-state index in [0.29, 0.717) is 11.8 Å². The largest absolute Gasteiger partial charge is 0.399 e. The highest BCUT2D eigenvalue weighted by atomic mass is 16.5. The lowest BCUT2D eigenvalue weighted by Gasteiger charge is -2.20. The summed E-state index contributed by atoms with van der Waals surface area (Å²) in [5.74, 6) is 1.95. The van der Waals surface area contributed by atoms with Gasteiger partial charge in [-0.3, -0.25) is 0 Å². The zero-order valence-electron chi connectivity index (χ0n) is 9.81. The Morgan fingerprint density at radius 2 is 2.18 bits per heavy atom. The molecule has 4 nitrogen and oxygen atoms in total. The molecule has 0 bridgehead atoms. The maximum atomic E-state index is 5.72. The molecule has 0 unspecified atom stereocenters. The summed E-state index contributed by atoms with van der Waals surface area (Å²) in [5, 5.41) is 4.06. The topological polar surface area (TPSA) is 64.9 Å². The van der Waals surface area contributed by atoms with Crippen LogP contribution < -0.4 is 5.73 Å². The first kappa shape index (κ1) is 10.3. The van der Waals surface area contributed by atoms with E-state index in [0.717, 1.165) is 22.6 Å². The maximum Gasteiger partial charge on any atom is 0.258 e. The van der Waals surface area contributed by atoms with E-state index < -0.39 is 0 Å². The Hall–Kier alpha value is -1.84. The predicted octanol–water partition coefficient (Wildman–Crippen LogP) is 2.89. The van der Waals surface area contributed by atoms with Crippen molar-refractivity contribution in [3.63, 3.8) is 0 Å². The summed E-state index contributed by atoms with van der Waals surface area (Å²) in [5.41, 5.74) is 8.51. The summed E-state index contributed by atoms with van der Waals surface area (Å²) in [7, 11) is 0. The molecule has 3 rings (SSSR count). The number of rotatable bonds is 2. The van der Waals surface area contributed by atoms with Crippen LogP contribution in [0.1, 0.15) is 36.6 Å². The third kappa shape index (κ3) is 1.79. The molecule has 1 aliphatic carbocycles. The molecule has 0 aliphatic heterocycles. The summed E-state index contributed by atoms with van der Waals surface area (Å²) in [6, 6.07) is 5.71. The van der Waals surface area contributed by atoms with Crippen molar-refractivity contribution in [2.75, 3.05) is 5.73 Å². The fourth-order valence-corrected chi connectivity index (χ4v) is 2.10. The zero-order chi connectivity index (χ0) is 11.8. The van der Waals surface area contributed by atoms with Gasteiger partial charge in [0.1, 0.15) is 0 Å². The Balaban J connectivity index is 1.94. The first-order valence-electron chi connectivity index (χ1n) is 5.94. The number of anilines is 1. The van der Waals surface area contributed by atoms with Gasteiger partial charge in [-0.2, -0.15) is 4.98 Å². The van der Waals surface area contributed by atoms with Gasteiger partial charge in [-0.25, -0.2) is 0 Å². The van der Waals surface area contributed by atoms with Crippen LogP contribution in [0.3, 0.4) is 0 Å². The van der Waals surface area contributed by atoms with Crippen molar-refractivity contribution in [3.8, 4) is 11.5 Å². The second-order valence-electron chi connectivity index (χ2n) is 4.66. The number of aromatic nitrogens is 2. The van der Waals surface area contributed by atoms with E-state index in [2.05, 4.69) is 10.1 Å². The smallest absolute Gasteiger partial charge is 0.258 e. The van der Waals surface area contributed by atoms with E-state index in [4.69, 9.17) is 10.3 Å². The predicted molar refractivity (Wildman–Crippen MR) is 65.5 cm³/mol. The van der Waals surface area contributed by atoms with E-state index in [1.165, 1.54) is 19.3 Å². The molecule has 1 aromatic carbocycles. The molecule has 17 heavy (non-hydrogen) atoms. The number of benzene rings is 1. The molecular formula is C13H15N3O. The van der Waals surface area contributed by atoms with Gasteiger partial charge in [-0.05, 0) is 43.5 Å². The minimum absolute atomic E-state index is 0.501. The van der Waals surface area contributed by atoms with Gasteiger partial charge in [0, 0.05) is 17.2 Å². The molecule has 1 heterocycles. The van der Waals surface area contributed by atoms with Gasteiger partial charge in [0.25, 0.3) is 5.89 Å². The SMILES string of the molecule is Cc1cc(N)ccc1-c1nc(C2CCC2)no1. The lowest BCUT2D eigenvalue weighted by molar-refractivity contribution is 0.366. The Morgan fingerprint density at radius 3 is 2.82 bits per heavy atom. The molecule has 1 aliphatic rings. The Kier molecular flexibility index (Phi) is 2.35. The molecule has 2 aromatic rings. The first-order valence-corrected chi connectivity index (χ1v) is 5.94. The molecule has 1 aromatic heterocycles. The summed E-state index contributed by atoms with van der Waals surface area (Å²) in [6.45, 7) is 2.00. The summed E-state index contributed by atoms with van der Waals surface area (Å²) in [4.78, 5) is 4.47. The molecule has 0 radical (unpaired) electrons. The van der Waals surface area contributed by atoms with E-state index in [9.17, 15) is 0 Å². The van der Waals surface area contributed by atoms with Crippen LogP contribution in [0, 0.1) is 6.92 Å². The summed E-state index contributed by atoms with van der Waals surface area (Å²) in [6.07, 6.45) is 3.63. The van der Waals surface area contributed by atoms with Gasteiger partial charge >= 0.3 is 0 Å². The monoisotopic (exact) mass is 229 g/mol. The van der Waals surface area contributed by atoms with Crippen molar-refractivity contribution < 1.29 is 4.52 Å². The van der Waals surface area contributed by atoms with Crippen LogP contribution in [0.4, 0.5) is 5.69 Å².